The van der Waals surface area contributed by atoms with Gasteiger partial charge >= 0.3 is 6.09 Å². The Morgan fingerprint density at radius 3 is 2.42 bits per heavy atom. The number of primary amides is 1. The maximum Gasteiger partial charge on any atom is 0.410 e. The van der Waals surface area contributed by atoms with E-state index in [9.17, 15) is 14.4 Å². The first-order valence-electron chi connectivity index (χ1n) is 11.8. The molecule has 1 aromatic carbocycles. The van der Waals surface area contributed by atoms with Gasteiger partial charge in [-0.3, -0.25) is 18.9 Å². The number of aromatic nitrogens is 3. The van der Waals surface area contributed by atoms with Gasteiger partial charge in [0, 0.05) is 6.54 Å². The molecule has 3 amide bonds. The van der Waals surface area contributed by atoms with E-state index in [0.29, 0.717) is 23.8 Å². The van der Waals surface area contributed by atoms with Gasteiger partial charge in [0.15, 0.2) is 11.5 Å². The van der Waals surface area contributed by atoms with Crippen molar-refractivity contribution in [2.45, 2.75) is 53.0 Å². The van der Waals surface area contributed by atoms with Gasteiger partial charge in [0.05, 0.1) is 24.4 Å². The number of rotatable bonds is 12. The van der Waals surface area contributed by atoms with Crippen molar-refractivity contribution >= 4 is 23.6 Å². The Balaban J connectivity index is 0.00000507. The Labute approximate surface area is 222 Å². The topological polar surface area (TPSA) is 167 Å². The summed E-state index contributed by atoms with van der Waals surface area (Å²) in [5.41, 5.74) is 12.1. The van der Waals surface area contributed by atoms with E-state index >= 15 is 0 Å². The van der Waals surface area contributed by atoms with Crippen LogP contribution in [0.1, 0.15) is 51.3 Å². The van der Waals surface area contributed by atoms with Crippen molar-refractivity contribution in [3.05, 3.63) is 65.6 Å². The molecule has 0 aliphatic heterocycles. The van der Waals surface area contributed by atoms with Gasteiger partial charge in [0.1, 0.15) is 19.2 Å². The molecule has 38 heavy (non-hydrogen) atoms. The van der Waals surface area contributed by atoms with Crippen LogP contribution in [0.15, 0.2) is 48.5 Å². The van der Waals surface area contributed by atoms with Crippen molar-refractivity contribution in [3.8, 4) is 0 Å². The maximum absolute atomic E-state index is 12.8. The third-order valence-corrected chi connectivity index (χ3v) is 5.46. The number of fused-ring (bicyclic) bond motifs is 1. The van der Waals surface area contributed by atoms with Crippen molar-refractivity contribution in [1.82, 2.24) is 24.8 Å². The summed E-state index contributed by atoms with van der Waals surface area (Å²) in [7, 11) is 0. The van der Waals surface area contributed by atoms with E-state index in [1.165, 1.54) is 4.90 Å². The molecule has 0 aliphatic rings. The molecule has 0 saturated carbocycles. The number of likely N-dealkylation sites (N-methyl/N-ethyl adjacent to an activating group) is 1. The van der Waals surface area contributed by atoms with Crippen LogP contribution in [0.25, 0.3) is 5.65 Å². The molecule has 3 rings (SSSR count). The molecule has 12 nitrogen and oxygen atoms in total. The second kappa shape index (κ2) is 13.5. The molecule has 5 N–H and O–H groups in total. The molecule has 206 valence electrons. The van der Waals surface area contributed by atoms with Crippen LogP contribution < -0.4 is 16.8 Å². The van der Waals surface area contributed by atoms with Gasteiger partial charge in [0.2, 0.25) is 11.8 Å². The minimum atomic E-state index is -1.14. The summed E-state index contributed by atoms with van der Waals surface area (Å²) in [6.07, 6.45) is -0.686. The number of benzene rings is 1. The largest absolute Gasteiger partial charge is 0.443 e. The molecule has 0 unspecified atom stereocenters. The van der Waals surface area contributed by atoms with E-state index in [-0.39, 0.29) is 33.7 Å². The van der Waals surface area contributed by atoms with E-state index in [4.69, 9.17) is 20.9 Å². The lowest BCUT2D eigenvalue weighted by Gasteiger charge is -2.24. The van der Waals surface area contributed by atoms with Crippen LogP contribution in [0.4, 0.5) is 4.79 Å². The molecule has 0 fully saturated rings. The zero-order valence-corrected chi connectivity index (χ0v) is 21.2. The summed E-state index contributed by atoms with van der Waals surface area (Å²) in [4.78, 5) is 37.7. The predicted molar refractivity (Wildman–Crippen MR) is 142 cm³/mol. The average molecular weight is 528 g/mol. The van der Waals surface area contributed by atoms with Gasteiger partial charge < -0.3 is 26.3 Å². The highest BCUT2D eigenvalue weighted by Crippen LogP contribution is 2.19. The van der Waals surface area contributed by atoms with Crippen molar-refractivity contribution in [2.75, 3.05) is 19.7 Å². The van der Waals surface area contributed by atoms with Gasteiger partial charge in [-0.05, 0) is 38.5 Å². The maximum atomic E-state index is 12.8. The summed E-state index contributed by atoms with van der Waals surface area (Å²) < 4.78 is 13.0. The number of pyridine rings is 1. The number of carbonyl (C=O) groups is 3. The summed E-state index contributed by atoms with van der Waals surface area (Å²) in [5, 5.41) is 11.4. The minimum Gasteiger partial charge on any atom is -0.443 e. The fourth-order valence-corrected chi connectivity index (χ4v) is 3.48. The molecule has 3 aromatic rings. The number of nitrogens with one attached hydrogen (secondary N) is 1. The zero-order valence-electron chi connectivity index (χ0n) is 21.2. The molecule has 0 saturated heterocycles. The van der Waals surface area contributed by atoms with E-state index in [1.807, 2.05) is 30.3 Å². The molecular weight excluding hydrogens is 490 g/mol. The lowest BCUT2D eigenvalue weighted by molar-refractivity contribution is -0.126. The van der Waals surface area contributed by atoms with Crippen molar-refractivity contribution in [2.24, 2.45) is 11.5 Å². The fraction of sp³-hybridized carbons (Fsp3) is 0.423. The molecule has 0 aliphatic carbocycles. The first kappa shape index (κ1) is 30.2. The SMILES string of the molecule is C.CCN(CC(N)=O)C(=O)OCc1cccc2nnc([C@@H](COCc3ccccc3)NC(=O)C(C)(C)N)n12. The Morgan fingerprint density at radius 1 is 1.08 bits per heavy atom. The van der Waals surface area contributed by atoms with Crippen molar-refractivity contribution < 1.29 is 23.9 Å². The second-order valence-electron chi connectivity index (χ2n) is 9.05. The molecule has 0 spiro atoms. The van der Waals surface area contributed by atoms with Gasteiger partial charge in [-0.2, -0.15) is 0 Å². The van der Waals surface area contributed by atoms with Crippen LogP contribution in [0.3, 0.4) is 0 Å². The standard InChI is InChI=1S/C25H33N7O5.CH4/c1-4-31(13-20(26)33)24(35)37-15-18-11-8-12-21-29-30-22(32(18)21)19(28-23(34)25(2,3)27)16-36-14-17-9-6-5-7-10-17;/h5-12,19H,4,13-16,27H2,1-3H3,(H2,26,33)(H,28,34);1H4/t19-;/m1./s1. The summed E-state index contributed by atoms with van der Waals surface area (Å²) in [5.74, 6) is -0.651. The Kier molecular flexibility index (Phi) is 10.7. The highest BCUT2D eigenvalue weighted by atomic mass is 16.6. The van der Waals surface area contributed by atoms with Crippen molar-refractivity contribution in [3.63, 3.8) is 0 Å². The first-order valence-corrected chi connectivity index (χ1v) is 11.8. The van der Waals surface area contributed by atoms with Gasteiger partial charge in [0.25, 0.3) is 0 Å². The van der Waals surface area contributed by atoms with Crippen molar-refractivity contribution in [1.29, 1.82) is 0 Å². The van der Waals surface area contributed by atoms with Crippen LogP contribution in [0.5, 0.6) is 0 Å². The van der Waals surface area contributed by atoms with E-state index in [0.717, 1.165) is 5.56 Å². The molecule has 1 atom stereocenters. The van der Waals surface area contributed by atoms with Crippen LogP contribution >= 0.6 is 0 Å². The molecule has 0 bridgehead atoms. The lowest BCUT2D eigenvalue weighted by Crippen LogP contribution is -2.51. The lowest BCUT2D eigenvalue weighted by atomic mass is 10.1. The van der Waals surface area contributed by atoms with Gasteiger partial charge in [-0.1, -0.05) is 43.8 Å². The quantitative estimate of drug-likeness (QED) is 0.321. The monoisotopic (exact) mass is 527 g/mol. The molecule has 2 aromatic heterocycles. The average Bonchev–Trinajstić information content (AvgIpc) is 3.30. The number of nitrogens with two attached hydrogens (primary N) is 2. The third-order valence-electron chi connectivity index (χ3n) is 5.46. The van der Waals surface area contributed by atoms with Gasteiger partial charge in [-0.15, -0.1) is 10.2 Å². The number of nitrogens with zero attached hydrogens (tertiary/aromatic N) is 4. The molecule has 0 radical (unpaired) electrons. The Hall–Kier alpha value is -4.03. The van der Waals surface area contributed by atoms with Crippen LogP contribution in [-0.4, -0.2) is 62.6 Å². The minimum absolute atomic E-state index is 0. The smallest absolute Gasteiger partial charge is 0.410 e. The van der Waals surface area contributed by atoms with Crippen LogP contribution in [0, 0.1) is 0 Å². The summed E-state index contributed by atoms with van der Waals surface area (Å²) in [6, 6.07) is 14.2. The number of carbonyl (C=O) groups excluding carboxylic acids is 3. The highest BCUT2D eigenvalue weighted by molar-refractivity contribution is 5.85. The fourth-order valence-electron chi connectivity index (χ4n) is 3.48. The van der Waals surface area contributed by atoms with Gasteiger partial charge in [-0.25, -0.2) is 4.79 Å². The number of hydrogen-bond donors (Lipinski definition) is 3. The highest BCUT2D eigenvalue weighted by Gasteiger charge is 2.28. The Bertz CT molecular complexity index is 1220. The number of hydrogen-bond acceptors (Lipinski definition) is 8. The van der Waals surface area contributed by atoms with E-state index in [2.05, 4.69) is 15.5 Å². The second-order valence-corrected chi connectivity index (χ2v) is 9.05. The Morgan fingerprint density at radius 2 is 1.79 bits per heavy atom. The predicted octanol–water partition coefficient (Wildman–Crippen LogP) is 1.92. The third kappa shape index (κ3) is 7.98. The molecule has 12 heteroatoms. The first-order chi connectivity index (χ1) is 17.6. The normalized spacial score (nSPS) is 11.9. The number of ether oxygens (including phenoxy) is 2. The van der Waals surface area contributed by atoms with Crippen LogP contribution in [-0.2, 0) is 32.3 Å². The van der Waals surface area contributed by atoms with E-state index < -0.39 is 29.5 Å². The molecular formula is C26H37N7O5. The summed E-state index contributed by atoms with van der Waals surface area (Å²) >= 11 is 0. The number of amides is 3. The summed E-state index contributed by atoms with van der Waals surface area (Å²) in [6.45, 7) is 5.20. The molecule has 2 heterocycles. The zero-order chi connectivity index (χ0) is 27.0. The van der Waals surface area contributed by atoms with E-state index in [1.54, 1.807) is 43.4 Å². The van der Waals surface area contributed by atoms with Crippen LogP contribution in [0.2, 0.25) is 0 Å².